The summed E-state index contributed by atoms with van der Waals surface area (Å²) in [7, 11) is -3.61. The van der Waals surface area contributed by atoms with Gasteiger partial charge in [-0.25, -0.2) is 13.1 Å². The summed E-state index contributed by atoms with van der Waals surface area (Å²) < 4.78 is 28.2. The van der Waals surface area contributed by atoms with E-state index in [1.165, 1.54) is 18.2 Å². The van der Waals surface area contributed by atoms with Crippen LogP contribution < -0.4 is 9.62 Å². The lowest BCUT2D eigenvalue weighted by atomic mass is 10.1. The van der Waals surface area contributed by atoms with Crippen molar-refractivity contribution in [3.63, 3.8) is 0 Å². The molecule has 1 fully saturated rings. The lowest BCUT2D eigenvalue weighted by Crippen LogP contribution is -2.32. The summed E-state index contributed by atoms with van der Waals surface area (Å²) in [5.74, 6) is -0.324. The number of nitrogens with zero attached hydrogens (tertiary/aromatic N) is 2. The van der Waals surface area contributed by atoms with E-state index in [1.807, 2.05) is 0 Å². The van der Waals surface area contributed by atoms with Gasteiger partial charge < -0.3 is 4.90 Å². The van der Waals surface area contributed by atoms with E-state index in [4.69, 9.17) is 0 Å². The molecule has 0 unspecified atom stereocenters. The fourth-order valence-electron chi connectivity index (χ4n) is 4.29. The third kappa shape index (κ3) is 3.70. The highest BCUT2D eigenvalue weighted by atomic mass is 32.2. The number of sulfonamides is 1. The molecule has 8 nitrogen and oxygen atoms in total. The number of carbonyl (C=O) groups is 1. The molecule has 9 heteroatoms. The van der Waals surface area contributed by atoms with Crippen molar-refractivity contribution in [3.8, 4) is 0 Å². The fraction of sp³-hybridized carbons (Fsp3) is 0.381. The van der Waals surface area contributed by atoms with Gasteiger partial charge in [-0.15, -0.1) is 0 Å². The molecule has 1 aliphatic carbocycles. The third-order valence-electron chi connectivity index (χ3n) is 5.91. The normalized spacial score (nSPS) is 16.6. The third-order valence-corrected chi connectivity index (χ3v) is 7.43. The minimum absolute atomic E-state index is 0.0156. The number of nitrogens with one attached hydrogen (secondary N) is 1. The van der Waals surface area contributed by atoms with E-state index in [0.29, 0.717) is 24.2 Å². The Balaban J connectivity index is 1.60. The molecule has 0 bridgehead atoms. The molecule has 0 atom stereocenters. The average molecular weight is 429 g/mol. The minimum atomic E-state index is -3.61. The van der Waals surface area contributed by atoms with Crippen LogP contribution in [0.3, 0.4) is 0 Å². The smallest absolute Gasteiger partial charge is 0.273 e. The number of hydrogen-bond donors (Lipinski definition) is 1. The molecule has 2 aromatic carbocycles. The maximum Gasteiger partial charge on any atom is 0.273 e. The number of carbonyl (C=O) groups excluding carboxylic acids is 1. The van der Waals surface area contributed by atoms with Gasteiger partial charge in [-0.3, -0.25) is 14.9 Å². The van der Waals surface area contributed by atoms with Gasteiger partial charge >= 0.3 is 0 Å². The number of amides is 1. The molecule has 1 heterocycles. The minimum Gasteiger partial charge on any atom is -0.308 e. The molecule has 2 aliphatic rings. The molecule has 0 spiro atoms. The summed E-state index contributed by atoms with van der Waals surface area (Å²) in [6, 6.07) is 9.22. The number of nitro groups is 1. The summed E-state index contributed by atoms with van der Waals surface area (Å²) in [6.45, 7) is 1.96. The van der Waals surface area contributed by atoms with Crippen molar-refractivity contribution >= 4 is 27.3 Å². The van der Waals surface area contributed by atoms with Crippen molar-refractivity contribution in [2.24, 2.45) is 0 Å². The van der Waals surface area contributed by atoms with Crippen LogP contribution in [-0.2, 0) is 16.4 Å². The van der Waals surface area contributed by atoms with Crippen LogP contribution >= 0.6 is 0 Å². The molecule has 158 valence electrons. The van der Waals surface area contributed by atoms with Crippen molar-refractivity contribution in [2.45, 2.75) is 50.0 Å². The predicted molar refractivity (Wildman–Crippen MR) is 112 cm³/mol. The van der Waals surface area contributed by atoms with Crippen molar-refractivity contribution in [1.82, 2.24) is 4.72 Å². The second-order valence-corrected chi connectivity index (χ2v) is 9.52. The largest absolute Gasteiger partial charge is 0.308 e. The molecule has 1 aliphatic heterocycles. The van der Waals surface area contributed by atoms with Crippen LogP contribution in [-0.4, -0.2) is 31.8 Å². The Labute approximate surface area is 175 Å². The Morgan fingerprint density at radius 3 is 2.63 bits per heavy atom. The van der Waals surface area contributed by atoms with Gasteiger partial charge in [-0.05, 0) is 56.0 Å². The number of anilines is 1. The molecule has 1 amide bonds. The second kappa shape index (κ2) is 7.81. The molecular weight excluding hydrogens is 406 g/mol. The molecule has 0 radical (unpaired) electrons. The summed E-state index contributed by atoms with van der Waals surface area (Å²) >= 11 is 0. The molecule has 2 aromatic rings. The highest BCUT2D eigenvalue weighted by molar-refractivity contribution is 7.89. The van der Waals surface area contributed by atoms with Crippen LogP contribution in [0.5, 0.6) is 0 Å². The Bertz CT molecular complexity index is 1120. The SMILES string of the molecule is Cc1c(C(=O)N2CCc3cc(S(=O)(=O)NC4CCCC4)ccc32)cccc1[N+](=O)[O-]. The molecule has 1 N–H and O–H groups in total. The Morgan fingerprint density at radius 2 is 1.93 bits per heavy atom. The fourth-order valence-corrected chi connectivity index (χ4v) is 5.64. The Hall–Kier alpha value is -2.78. The molecule has 1 saturated carbocycles. The van der Waals surface area contributed by atoms with Crippen LogP contribution in [0.25, 0.3) is 0 Å². The Morgan fingerprint density at radius 1 is 1.20 bits per heavy atom. The Kier molecular flexibility index (Phi) is 5.33. The standard InChI is InChI=1S/C21H23N3O5S/c1-14-18(7-4-8-19(14)24(26)27)21(25)23-12-11-15-13-17(9-10-20(15)23)30(28,29)22-16-5-2-3-6-16/h4,7-10,13,16,22H,2-3,5-6,11-12H2,1H3. The van der Waals surface area contributed by atoms with Crippen molar-refractivity contribution in [2.75, 3.05) is 11.4 Å². The van der Waals surface area contributed by atoms with Crippen molar-refractivity contribution < 1.29 is 18.1 Å². The van der Waals surface area contributed by atoms with E-state index in [9.17, 15) is 23.3 Å². The van der Waals surface area contributed by atoms with Crippen LogP contribution in [0, 0.1) is 17.0 Å². The highest BCUT2D eigenvalue weighted by Crippen LogP contribution is 2.33. The van der Waals surface area contributed by atoms with Crippen LogP contribution in [0.2, 0.25) is 0 Å². The summed E-state index contributed by atoms with van der Waals surface area (Å²) in [5, 5.41) is 11.2. The van der Waals surface area contributed by atoms with E-state index >= 15 is 0 Å². The molecule has 0 aromatic heterocycles. The number of benzene rings is 2. The van der Waals surface area contributed by atoms with Crippen LogP contribution in [0.1, 0.15) is 47.2 Å². The van der Waals surface area contributed by atoms with Gasteiger partial charge in [0.05, 0.1) is 9.82 Å². The zero-order valence-corrected chi connectivity index (χ0v) is 17.4. The van der Waals surface area contributed by atoms with E-state index in [0.717, 1.165) is 31.2 Å². The number of nitro benzene ring substituents is 1. The summed E-state index contributed by atoms with van der Waals surface area (Å²) in [4.78, 5) is 25.5. The summed E-state index contributed by atoms with van der Waals surface area (Å²) in [5.41, 5.74) is 1.92. The van der Waals surface area contributed by atoms with Crippen LogP contribution in [0.4, 0.5) is 11.4 Å². The van der Waals surface area contributed by atoms with Gasteiger partial charge in [0.2, 0.25) is 10.0 Å². The van der Waals surface area contributed by atoms with Gasteiger partial charge in [-0.2, -0.15) is 0 Å². The molecule has 4 rings (SSSR count). The lowest BCUT2D eigenvalue weighted by molar-refractivity contribution is -0.385. The van der Waals surface area contributed by atoms with Crippen molar-refractivity contribution in [3.05, 3.63) is 63.2 Å². The number of fused-ring (bicyclic) bond motifs is 1. The lowest BCUT2D eigenvalue weighted by Gasteiger charge is -2.19. The maximum absolute atomic E-state index is 13.1. The molecule has 0 saturated heterocycles. The van der Waals surface area contributed by atoms with E-state index in [1.54, 1.807) is 30.0 Å². The topological polar surface area (TPSA) is 110 Å². The van der Waals surface area contributed by atoms with Gasteiger partial charge in [0.15, 0.2) is 0 Å². The zero-order chi connectivity index (χ0) is 21.5. The number of hydrogen-bond acceptors (Lipinski definition) is 5. The first kappa shape index (κ1) is 20.5. The van der Waals surface area contributed by atoms with E-state index in [-0.39, 0.29) is 28.1 Å². The molecule has 30 heavy (non-hydrogen) atoms. The highest BCUT2D eigenvalue weighted by Gasteiger charge is 2.30. The second-order valence-electron chi connectivity index (χ2n) is 7.81. The first-order chi connectivity index (χ1) is 14.3. The van der Waals surface area contributed by atoms with Gasteiger partial charge in [-0.1, -0.05) is 18.9 Å². The first-order valence-electron chi connectivity index (χ1n) is 9.99. The first-order valence-corrected chi connectivity index (χ1v) is 11.5. The van der Waals surface area contributed by atoms with Gasteiger partial charge in [0.25, 0.3) is 11.6 Å². The quantitative estimate of drug-likeness (QED) is 0.579. The van der Waals surface area contributed by atoms with Gasteiger partial charge in [0, 0.05) is 35.5 Å². The summed E-state index contributed by atoms with van der Waals surface area (Å²) in [6.07, 6.45) is 4.31. The van der Waals surface area contributed by atoms with E-state index in [2.05, 4.69) is 4.72 Å². The van der Waals surface area contributed by atoms with E-state index < -0.39 is 14.9 Å². The zero-order valence-electron chi connectivity index (χ0n) is 16.6. The maximum atomic E-state index is 13.1. The van der Waals surface area contributed by atoms with Gasteiger partial charge in [0.1, 0.15) is 0 Å². The van der Waals surface area contributed by atoms with Crippen molar-refractivity contribution in [1.29, 1.82) is 0 Å². The monoisotopic (exact) mass is 429 g/mol. The molecular formula is C21H23N3O5S. The van der Waals surface area contributed by atoms with Crippen LogP contribution in [0.15, 0.2) is 41.3 Å². The predicted octanol–water partition coefficient (Wildman–Crippen LogP) is 3.33. The average Bonchev–Trinajstić information content (AvgIpc) is 3.36. The number of rotatable bonds is 5.